The summed E-state index contributed by atoms with van der Waals surface area (Å²) in [4.78, 5) is 0.260. The van der Waals surface area contributed by atoms with Gasteiger partial charge in [0.1, 0.15) is 0 Å². The molecule has 0 heterocycles. The number of nitriles is 1. The van der Waals surface area contributed by atoms with Gasteiger partial charge in [-0.2, -0.15) is 5.26 Å². The van der Waals surface area contributed by atoms with E-state index in [1.54, 1.807) is 38.1 Å². The molecule has 0 aliphatic heterocycles. The Hall–Kier alpha value is -1.42. The van der Waals surface area contributed by atoms with Gasteiger partial charge < -0.3 is 9.47 Å². The molecule has 1 rings (SSSR count). The molecule has 0 aromatic heterocycles. The molecule has 0 bridgehead atoms. The van der Waals surface area contributed by atoms with Crippen molar-refractivity contribution in [2.24, 2.45) is 5.92 Å². The van der Waals surface area contributed by atoms with E-state index in [9.17, 15) is 8.42 Å². The topological polar surface area (TPSA) is 76.4 Å². The van der Waals surface area contributed by atoms with Gasteiger partial charge in [0.15, 0.2) is 15.6 Å². The monoisotopic (exact) mass is 325 g/mol. The van der Waals surface area contributed by atoms with Gasteiger partial charge in [0.05, 0.1) is 22.6 Å². The molecule has 1 aromatic rings. The van der Waals surface area contributed by atoms with Crippen molar-refractivity contribution in [3.63, 3.8) is 0 Å². The highest BCUT2D eigenvalue weighted by molar-refractivity contribution is 7.92. The van der Waals surface area contributed by atoms with Gasteiger partial charge in [-0.25, -0.2) is 8.42 Å². The quantitative estimate of drug-likeness (QED) is 0.720. The minimum Gasteiger partial charge on any atom is -0.352 e. The average Bonchev–Trinajstić information content (AvgIpc) is 2.51. The normalized spacial score (nSPS) is 15.1. The van der Waals surface area contributed by atoms with Gasteiger partial charge in [-0.15, -0.1) is 0 Å². The van der Waals surface area contributed by atoms with Crippen LogP contribution in [0.15, 0.2) is 29.2 Å². The van der Waals surface area contributed by atoms with Crippen LogP contribution in [0.5, 0.6) is 0 Å². The summed E-state index contributed by atoms with van der Waals surface area (Å²) in [6, 6.07) is 8.72. The Bertz CT molecular complexity index is 627. The third kappa shape index (κ3) is 3.49. The SMILES string of the molecule is COC(CC#N)(OC)C(C)C(C)S(=O)(=O)c1ccc(C)cc1. The van der Waals surface area contributed by atoms with Crippen molar-refractivity contribution in [3.05, 3.63) is 29.8 Å². The van der Waals surface area contributed by atoms with Crippen LogP contribution in [-0.2, 0) is 19.3 Å². The first-order valence-electron chi connectivity index (χ1n) is 7.03. The van der Waals surface area contributed by atoms with Gasteiger partial charge in [0.25, 0.3) is 0 Å². The molecule has 0 saturated heterocycles. The fourth-order valence-electron chi connectivity index (χ4n) is 2.44. The lowest BCUT2D eigenvalue weighted by molar-refractivity contribution is -0.232. The molecule has 2 atom stereocenters. The molecule has 22 heavy (non-hydrogen) atoms. The molecule has 0 spiro atoms. The zero-order chi connectivity index (χ0) is 17.0. The lowest BCUT2D eigenvalue weighted by atomic mass is 9.94. The van der Waals surface area contributed by atoms with Gasteiger partial charge >= 0.3 is 0 Å². The first kappa shape index (κ1) is 18.6. The molecule has 0 fully saturated rings. The molecule has 2 unspecified atom stereocenters. The molecule has 1 aromatic carbocycles. The van der Waals surface area contributed by atoms with E-state index in [1.807, 2.05) is 13.0 Å². The molecular formula is C16H23NO4S. The highest BCUT2D eigenvalue weighted by Gasteiger charge is 2.44. The molecular weight excluding hydrogens is 302 g/mol. The summed E-state index contributed by atoms with van der Waals surface area (Å²) >= 11 is 0. The second kappa shape index (κ2) is 7.23. The summed E-state index contributed by atoms with van der Waals surface area (Å²) in [5.41, 5.74) is 0.993. The van der Waals surface area contributed by atoms with E-state index in [1.165, 1.54) is 14.2 Å². The standard InChI is InChI=1S/C16H23NO4S/c1-12-6-8-15(9-7-12)22(18,19)14(3)13(2)16(20-4,21-5)10-11-17/h6-9,13-14H,10H2,1-5H3. The van der Waals surface area contributed by atoms with Crippen LogP contribution in [0.1, 0.15) is 25.8 Å². The molecule has 5 nitrogen and oxygen atoms in total. The maximum absolute atomic E-state index is 12.8. The summed E-state index contributed by atoms with van der Waals surface area (Å²) in [6.07, 6.45) is -0.0467. The Morgan fingerprint density at radius 1 is 1.18 bits per heavy atom. The predicted molar refractivity (Wildman–Crippen MR) is 84.0 cm³/mol. The maximum Gasteiger partial charge on any atom is 0.184 e. The van der Waals surface area contributed by atoms with E-state index in [0.29, 0.717) is 0 Å². The van der Waals surface area contributed by atoms with Crippen LogP contribution in [0.4, 0.5) is 0 Å². The molecule has 0 saturated carbocycles. The van der Waals surface area contributed by atoms with Gasteiger partial charge in [-0.05, 0) is 26.0 Å². The van der Waals surface area contributed by atoms with Crippen LogP contribution in [0.2, 0.25) is 0 Å². The number of hydrogen-bond donors (Lipinski definition) is 0. The second-order valence-electron chi connectivity index (χ2n) is 5.41. The molecule has 0 N–H and O–H groups in total. The van der Waals surface area contributed by atoms with Gasteiger partial charge in [-0.1, -0.05) is 24.6 Å². The van der Waals surface area contributed by atoms with Crippen LogP contribution in [-0.4, -0.2) is 33.7 Å². The van der Waals surface area contributed by atoms with E-state index in [2.05, 4.69) is 0 Å². The number of methoxy groups -OCH3 is 2. The van der Waals surface area contributed by atoms with Crippen molar-refractivity contribution in [2.75, 3.05) is 14.2 Å². The van der Waals surface area contributed by atoms with Gasteiger partial charge in [0.2, 0.25) is 0 Å². The van der Waals surface area contributed by atoms with E-state index in [0.717, 1.165) is 5.56 Å². The predicted octanol–water partition coefficient (Wildman–Crippen LogP) is 2.70. The first-order chi connectivity index (χ1) is 10.2. The van der Waals surface area contributed by atoms with Crippen LogP contribution in [0.25, 0.3) is 0 Å². The summed E-state index contributed by atoms with van der Waals surface area (Å²) in [5.74, 6) is -1.76. The zero-order valence-electron chi connectivity index (χ0n) is 13.7. The van der Waals surface area contributed by atoms with Crippen LogP contribution in [0.3, 0.4) is 0 Å². The number of ether oxygens (including phenoxy) is 2. The summed E-state index contributed by atoms with van der Waals surface area (Å²) in [5, 5.41) is 8.23. The number of aryl methyl sites for hydroxylation is 1. The third-order valence-electron chi connectivity index (χ3n) is 4.25. The fourth-order valence-corrected chi connectivity index (χ4v) is 4.13. The van der Waals surface area contributed by atoms with Crippen molar-refractivity contribution in [1.82, 2.24) is 0 Å². The second-order valence-corrected chi connectivity index (χ2v) is 7.71. The molecule has 122 valence electrons. The Morgan fingerprint density at radius 3 is 2.09 bits per heavy atom. The Kier molecular flexibility index (Phi) is 6.12. The number of nitrogens with zero attached hydrogens (tertiary/aromatic N) is 1. The van der Waals surface area contributed by atoms with E-state index in [4.69, 9.17) is 14.7 Å². The van der Waals surface area contributed by atoms with Crippen molar-refractivity contribution in [3.8, 4) is 6.07 Å². The largest absolute Gasteiger partial charge is 0.352 e. The molecule has 6 heteroatoms. The van der Waals surface area contributed by atoms with Gasteiger partial charge in [-0.3, -0.25) is 0 Å². The van der Waals surface area contributed by atoms with Crippen molar-refractivity contribution in [2.45, 2.75) is 43.1 Å². The minimum atomic E-state index is -3.55. The summed E-state index contributed by atoms with van der Waals surface area (Å²) in [7, 11) is -0.708. The van der Waals surface area contributed by atoms with Gasteiger partial charge in [0, 0.05) is 20.1 Å². The van der Waals surface area contributed by atoms with Crippen molar-refractivity contribution >= 4 is 9.84 Å². The first-order valence-corrected chi connectivity index (χ1v) is 8.57. The Labute approximate surface area is 132 Å². The number of rotatable bonds is 7. The van der Waals surface area contributed by atoms with E-state index < -0.39 is 26.8 Å². The number of hydrogen-bond acceptors (Lipinski definition) is 5. The summed E-state index contributed by atoms with van der Waals surface area (Å²) in [6.45, 7) is 5.24. The zero-order valence-corrected chi connectivity index (χ0v) is 14.5. The molecule has 0 aliphatic rings. The Morgan fingerprint density at radius 2 is 1.68 bits per heavy atom. The average molecular weight is 325 g/mol. The molecule has 0 amide bonds. The Balaban J connectivity index is 3.19. The smallest absolute Gasteiger partial charge is 0.184 e. The van der Waals surface area contributed by atoms with Crippen molar-refractivity contribution < 1.29 is 17.9 Å². The van der Waals surface area contributed by atoms with Crippen LogP contribution >= 0.6 is 0 Å². The van der Waals surface area contributed by atoms with E-state index in [-0.39, 0.29) is 11.3 Å². The maximum atomic E-state index is 12.8. The fraction of sp³-hybridized carbons (Fsp3) is 0.562. The highest BCUT2D eigenvalue weighted by Crippen LogP contribution is 2.33. The van der Waals surface area contributed by atoms with Crippen LogP contribution in [0, 0.1) is 24.2 Å². The molecule has 0 aliphatic carbocycles. The third-order valence-corrected chi connectivity index (χ3v) is 6.57. The number of sulfone groups is 1. The summed E-state index contributed by atoms with van der Waals surface area (Å²) < 4.78 is 36.3. The lowest BCUT2D eigenvalue weighted by Gasteiger charge is -2.37. The number of benzene rings is 1. The lowest BCUT2D eigenvalue weighted by Crippen LogP contribution is -2.47. The molecule has 0 radical (unpaired) electrons. The van der Waals surface area contributed by atoms with E-state index >= 15 is 0 Å². The minimum absolute atomic E-state index is 0.0467. The van der Waals surface area contributed by atoms with Crippen molar-refractivity contribution in [1.29, 1.82) is 5.26 Å². The highest BCUT2D eigenvalue weighted by atomic mass is 32.2. The van der Waals surface area contributed by atoms with Crippen LogP contribution < -0.4 is 0 Å².